The van der Waals surface area contributed by atoms with Gasteiger partial charge in [-0.15, -0.1) is 0 Å². The van der Waals surface area contributed by atoms with Crippen LogP contribution in [0.1, 0.15) is 28.8 Å². The van der Waals surface area contributed by atoms with Crippen molar-refractivity contribution in [2.45, 2.75) is 25.8 Å². The summed E-state index contributed by atoms with van der Waals surface area (Å²) in [6, 6.07) is 6.23. The van der Waals surface area contributed by atoms with Crippen molar-refractivity contribution in [1.82, 2.24) is 10.2 Å². The molecule has 1 aromatic carbocycles. The van der Waals surface area contributed by atoms with E-state index in [4.69, 9.17) is 0 Å². The Hall–Kier alpha value is -0.870. The quantitative estimate of drug-likeness (QED) is 0.910. The van der Waals surface area contributed by atoms with Gasteiger partial charge in [-0.3, -0.25) is 4.79 Å². The van der Waals surface area contributed by atoms with E-state index < -0.39 is 0 Å². The molecule has 1 aliphatic rings. The van der Waals surface area contributed by atoms with Crippen molar-refractivity contribution in [2.75, 3.05) is 20.1 Å². The average molecular weight is 311 g/mol. The molecule has 1 aliphatic heterocycles. The summed E-state index contributed by atoms with van der Waals surface area (Å²) in [7, 11) is 1.96. The molecule has 18 heavy (non-hydrogen) atoms. The zero-order valence-electron chi connectivity index (χ0n) is 10.9. The number of likely N-dealkylation sites (tertiary alicyclic amines) is 1. The fourth-order valence-electron chi connectivity index (χ4n) is 2.41. The summed E-state index contributed by atoms with van der Waals surface area (Å²) in [6.45, 7) is 3.65. The second-order valence-corrected chi connectivity index (χ2v) is 5.65. The number of benzene rings is 1. The Morgan fingerprint density at radius 3 is 3.00 bits per heavy atom. The zero-order valence-corrected chi connectivity index (χ0v) is 12.5. The number of rotatable bonds is 2. The van der Waals surface area contributed by atoms with E-state index in [-0.39, 0.29) is 5.91 Å². The smallest absolute Gasteiger partial charge is 0.254 e. The van der Waals surface area contributed by atoms with Gasteiger partial charge in [-0.25, -0.2) is 0 Å². The molecule has 98 valence electrons. The number of nitrogens with one attached hydrogen (secondary N) is 1. The molecule has 1 saturated heterocycles. The minimum Gasteiger partial charge on any atom is -0.337 e. The Morgan fingerprint density at radius 2 is 2.28 bits per heavy atom. The second-order valence-electron chi connectivity index (χ2n) is 4.79. The molecule has 1 atom stereocenters. The summed E-state index contributed by atoms with van der Waals surface area (Å²) in [5.74, 6) is 0.147. The van der Waals surface area contributed by atoms with E-state index >= 15 is 0 Å². The van der Waals surface area contributed by atoms with E-state index in [1.807, 2.05) is 37.1 Å². The fourth-order valence-corrected chi connectivity index (χ4v) is 2.77. The molecule has 0 unspecified atom stereocenters. The Balaban J connectivity index is 2.18. The van der Waals surface area contributed by atoms with Crippen molar-refractivity contribution < 1.29 is 4.79 Å². The van der Waals surface area contributed by atoms with Gasteiger partial charge in [-0.1, -0.05) is 22.0 Å². The van der Waals surface area contributed by atoms with Crippen molar-refractivity contribution >= 4 is 21.8 Å². The van der Waals surface area contributed by atoms with Crippen molar-refractivity contribution in [3.63, 3.8) is 0 Å². The normalized spacial score (nSPS) is 19.9. The Morgan fingerprint density at radius 1 is 1.50 bits per heavy atom. The zero-order chi connectivity index (χ0) is 13.1. The summed E-state index contributed by atoms with van der Waals surface area (Å²) in [5, 5.41) is 3.26. The number of nitrogens with zero attached hydrogens (tertiary/aromatic N) is 1. The third-order valence-electron chi connectivity index (χ3n) is 3.61. The monoisotopic (exact) mass is 310 g/mol. The molecular weight excluding hydrogens is 292 g/mol. The molecular formula is C14H19BrN2O. The van der Waals surface area contributed by atoms with Gasteiger partial charge in [0, 0.05) is 29.2 Å². The van der Waals surface area contributed by atoms with Gasteiger partial charge >= 0.3 is 0 Å². The van der Waals surface area contributed by atoms with Crippen LogP contribution in [0.4, 0.5) is 0 Å². The lowest BCUT2D eigenvalue weighted by Crippen LogP contribution is -2.47. The van der Waals surface area contributed by atoms with E-state index in [1.54, 1.807) is 0 Å². The predicted molar refractivity (Wildman–Crippen MR) is 76.9 cm³/mol. The molecule has 4 heteroatoms. The maximum Gasteiger partial charge on any atom is 0.254 e. The van der Waals surface area contributed by atoms with Gasteiger partial charge in [0.15, 0.2) is 0 Å². The van der Waals surface area contributed by atoms with Gasteiger partial charge in [0.05, 0.1) is 0 Å². The molecule has 1 fully saturated rings. The number of hydrogen-bond acceptors (Lipinski definition) is 2. The Bertz CT molecular complexity index is 447. The van der Waals surface area contributed by atoms with Gasteiger partial charge in [-0.05, 0) is 44.5 Å². The minimum absolute atomic E-state index is 0.147. The van der Waals surface area contributed by atoms with Crippen LogP contribution in [-0.4, -0.2) is 37.0 Å². The van der Waals surface area contributed by atoms with E-state index in [2.05, 4.69) is 21.2 Å². The third-order valence-corrected chi connectivity index (χ3v) is 4.47. The van der Waals surface area contributed by atoms with Crippen LogP contribution in [0.2, 0.25) is 0 Å². The van der Waals surface area contributed by atoms with Gasteiger partial charge < -0.3 is 10.2 Å². The maximum absolute atomic E-state index is 12.5. The van der Waals surface area contributed by atoms with Crippen LogP contribution in [0, 0.1) is 6.92 Å². The number of halogens is 1. The number of piperidine rings is 1. The average Bonchev–Trinajstić information content (AvgIpc) is 2.41. The summed E-state index contributed by atoms with van der Waals surface area (Å²) >= 11 is 3.48. The molecule has 0 bridgehead atoms. The first-order valence-corrected chi connectivity index (χ1v) is 7.14. The molecule has 1 heterocycles. The Kier molecular flexibility index (Phi) is 4.40. The van der Waals surface area contributed by atoms with E-state index in [0.717, 1.165) is 41.5 Å². The summed E-state index contributed by atoms with van der Waals surface area (Å²) < 4.78 is 0.996. The van der Waals surface area contributed by atoms with Crippen molar-refractivity contribution in [3.8, 4) is 0 Å². The molecule has 0 aliphatic carbocycles. The fraction of sp³-hybridized carbons (Fsp3) is 0.500. The summed E-state index contributed by atoms with van der Waals surface area (Å²) in [4.78, 5) is 14.5. The van der Waals surface area contributed by atoms with Crippen molar-refractivity contribution in [1.29, 1.82) is 0 Å². The molecule has 1 N–H and O–H groups in total. The van der Waals surface area contributed by atoms with Gasteiger partial charge in [0.1, 0.15) is 0 Å². The molecule has 2 rings (SSSR count). The highest BCUT2D eigenvalue weighted by molar-refractivity contribution is 9.10. The standard InChI is InChI=1S/C14H19BrN2O/c1-10-12(6-3-7-13(10)15)14(18)17-8-4-5-11(9-17)16-2/h3,6-7,11,16H,4-5,8-9H2,1-2H3/t11-/m1/s1. The summed E-state index contributed by atoms with van der Waals surface area (Å²) in [5.41, 5.74) is 1.83. The lowest BCUT2D eigenvalue weighted by Gasteiger charge is -2.33. The molecule has 0 saturated carbocycles. The molecule has 1 aromatic rings. The molecule has 1 amide bonds. The van der Waals surface area contributed by atoms with Crippen LogP contribution in [0.15, 0.2) is 22.7 Å². The van der Waals surface area contributed by atoms with Crippen LogP contribution in [0.25, 0.3) is 0 Å². The number of hydrogen-bond donors (Lipinski definition) is 1. The van der Waals surface area contributed by atoms with Crippen LogP contribution in [0.3, 0.4) is 0 Å². The number of amides is 1. The highest BCUT2D eigenvalue weighted by Gasteiger charge is 2.24. The molecule has 0 aromatic heterocycles. The van der Waals surface area contributed by atoms with Crippen LogP contribution in [0.5, 0.6) is 0 Å². The maximum atomic E-state index is 12.5. The van der Waals surface area contributed by atoms with Gasteiger partial charge in [0.25, 0.3) is 5.91 Å². The second kappa shape index (κ2) is 5.85. The lowest BCUT2D eigenvalue weighted by atomic mass is 10.0. The first-order valence-electron chi connectivity index (χ1n) is 6.35. The number of carbonyl (C=O) groups is 1. The topological polar surface area (TPSA) is 32.3 Å². The number of carbonyl (C=O) groups excluding carboxylic acids is 1. The Labute approximate surface area is 117 Å². The van der Waals surface area contributed by atoms with Gasteiger partial charge in [0.2, 0.25) is 0 Å². The number of likely N-dealkylation sites (N-methyl/N-ethyl adjacent to an activating group) is 1. The van der Waals surface area contributed by atoms with Crippen molar-refractivity contribution in [3.05, 3.63) is 33.8 Å². The molecule has 0 spiro atoms. The first kappa shape index (κ1) is 13.6. The molecule has 0 radical (unpaired) electrons. The lowest BCUT2D eigenvalue weighted by molar-refractivity contribution is 0.0697. The minimum atomic E-state index is 0.147. The van der Waals surface area contributed by atoms with E-state index in [9.17, 15) is 4.79 Å². The van der Waals surface area contributed by atoms with Gasteiger partial charge in [-0.2, -0.15) is 0 Å². The SMILES string of the molecule is CN[C@@H]1CCCN(C(=O)c2cccc(Br)c2C)C1. The first-order chi connectivity index (χ1) is 8.63. The largest absolute Gasteiger partial charge is 0.337 e. The van der Waals surface area contributed by atoms with Crippen LogP contribution < -0.4 is 5.32 Å². The highest BCUT2D eigenvalue weighted by atomic mass is 79.9. The van der Waals surface area contributed by atoms with E-state index in [0.29, 0.717) is 6.04 Å². The summed E-state index contributed by atoms with van der Waals surface area (Å²) in [6.07, 6.45) is 2.22. The van der Waals surface area contributed by atoms with Crippen LogP contribution in [-0.2, 0) is 0 Å². The van der Waals surface area contributed by atoms with Crippen LogP contribution >= 0.6 is 15.9 Å². The predicted octanol–water partition coefficient (Wildman–Crippen LogP) is 2.58. The third kappa shape index (κ3) is 2.75. The highest BCUT2D eigenvalue weighted by Crippen LogP contribution is 2.22. The van der Waals surface area contributed by atoms with Crippen molar-refractivity contribution in [2.24, 2.45) is 0 Å². The molecule has 3 nitrogen and oxygen atoms in total. The van der Waals surface area contributed by atoms with E-state index in [1.165, 1.54) is 0 Å².